The van der Waals surface area contributed by atoms with Crippen molar-refractivity contribution in [2.75, 3.05) is 6.66 Å². The van der Waals surface area contributed by atoms with Crippen molar-refractivity contribution in [3.05, 3.63) is 0 Å². The maximum absolute atomic E-state index is 3.97. The summed E-state index contributed by atoms with van der Waals surface area (Å²) in [5, 5.41) is 0.454. The second-order valence-corrected chi connectivity index (χ2v) is 5.61. The average Bonchev–Trinajstić information content (AvgIpc) is 1.31. The summed E-state index contributed by atoms with van der Waals surface area (Å²) in [7, 11) is 0.00849. The van der Waals surface area contributed by atoms with E-state index >= 15 is 0 Å². The van der Waals surface area contributed by atoms with Crippen molar-refractivity contribution in [1.29, 1.82) is 0 Å². The molecule has 0 spiro atoms. The van der Waals surface area contributed by atoms with E-state index in [1.54, 1.807) is 0 Å². The molecule has 0 saturated heterocycles. The fourth-order valence-electron chi connectivity index (χ4n) is 0. The molecule has 0 aliphatic rings. The van der Waals surface area contributed by atoms with E-state index in [0.29, 0.717) is 5.16 Å². The van der Waals surface area contributed by atoms with Crippen LogP contribution in [0.4, 0.5) is 0 Å². The van der Waals surface area contributed by atoms with Gasteiger partial charge in [-0.2, -0.15) is 0 Å². The van der Waals surface area contributed by atoms with Crippen molar-refractivity contribution in [3.63, 3.8) is 0 Å². The van der Waals surface area contributed by atoms with Crippen LogP contribution in [0, 0.1) is 0 Å². The summed E-state index contributed by atoms with van der Waals surface area (Å²) in [4.78, 5) is 0. The Morgan fingerprint density at radius 3 is 1.38 bits per heavy atom. The summed E-state index contributed by atoms with van der Waals surface area (Å²) in [5.41, 5.74) is 0. The Labute approximate surface area is 78.7 Å². The molecule has 1 atom stereocenters. The summed E-state index contributed by atoms with van der Waals surface area (Å²) < 4.78 is 0. The molecule has 0 saturated carbocycles. The Balaban J connectivity index is 0. The van der Waals surface area contributed by atoms with Crippen LogP contribution < -0.4 is 0 Å². The van der Waals surface area contributed by atoms with Crippen LogP contribution in [-0.2, 0) is 32.7 Å². The predicted octanol–water partition coefficient (Wildman–Crippen LogP) is 2.33. The number of rotatable bonds is 0. The summed E-state index contributed by atoms with van der Waals surface area (Å²) in [6.45, 7) is 8.89. The van der Waals surface area contributed by atoms with Gasteiger partial charge >= 0.3 is 0 Å². The molecule has 2 heteroatoms. The maximum Gasteiger partial charge on any atom is 0.117 e. The molecule has 0 fully saturated rings. The summed E-state index contributed by atoms with van der Waals surface area (Å²) in [5.74, 6) is 0. The van der Waals surface area contributed by atoms with Crippen LogP contribution in [0.5, 0.6) is 0 Å². The van der Waals surface area contributed by atoms with Crippen molar-refractivity contribution in [1.82, 2.24) is 0 Å². The third-order valence-corrected chi connectivity index (χ3v) is 3.44. The molecule has 0 aromatic carbocycles. The molecule has 0 bridgehead atoms. The maximum atomic E-state index is 3.97. The van der Waals surface area contributed by atoms with E-state index in [4.69, 9.17) is 0 Å². The molecular weight excluding hydrogens is 192 g/mol. The van der Waals surface area contributed by atoms with Gasteiger partial charge in [-0.05, 0) is 20.8 Å². The minimum atomic E-state index is 0. The fourth-order valence-corrected chi connectivity index (χ4v) is 0. The van der Waals surface area contributed by atoms with Crippen LogP contribution >= 0.6 is 7.55 Å². The van der Waals surface area contributed by atoms with Crippen molar-refractivity contribution in [2.24, 2.45) is 0 Å². The molecule has 0 aliphatic carbocycles. The molecule has 0 amide bonds. The van der Waals surface area contributed by atoms with Gasteiger partial charge in [-0.1, -0.05) is 0 Å². The third kappa shape index (κ3) is 5.41. The molecule has 8 heavy (non-hydrogen) atoms. The Bertz CT molecular complexity index is 81.0. The molecule has 1 radical (unpaired) electrons. The van der Waals surface area contributed by atoms with E-state index < -0.39 is 0 Å². The van der Waals surface area contributed by atoms with Crippen molar-refractivity contribution in [3.8, 4) is 0 Å². The van der Waals surface area contributed by atoms with E-state index in [1.807, 2.05) is 0 Å². The first kappa shape index (κ1) is 12.0. The van der Waals surface area contributed by atoms with E-state index in [2.05, 4.69) is 33.7 Å². The molecule has 0 N–H and O–H groups in total. The van der Waals surface area contributed by atoms with Gasteiger partial charge < -0.3 is 0 Å². The fraction of sp³-hybridized carbons (Fsp3) is 0.833. The van der Waals surface area contributed by atoms with Gasteiger partial charge in [0.05, 0.1) is 20.5 Å². The zero-order valence-corrected chi connectivity index (χ0v) is 9.96. The quantitative estimate of drug-likeness (QED) is 0.533. The van der Waals surface area contributed by atoms with Gasteiger partial charge in [0.1, 0.15) is 5.16 Å². The van der Waals surface area contributed by atoms with E-state index in [9.17, 15) is 0 Å². The average molecular weight is 206 g/mol. The first-order valence-electron chi connectivity index (χ1n) is 2.49. The Kier molecular flexibility index (Phi) is 6.22. The monoisotopic (exact) mass is 206 g/mol. The SMILES string of the molecule is C=[P+](C)C(C)(C)C.[Y]. The first-order valence-corrected chi connectivity index (χ1v) is 4.46. The molecule has 0 heterocycles. The van der Waals surface area contributed by atoms with Crippen LogP contribution in [0.25, 0.3) is 0 Å². The van der Waals surface area contributed by atoms with E-state index in [1.165, 1.54) is 0 Å². The van der Waals surface area contributed by atoms with Crippen LogP contribution in [0.3, 0.4) is 0 Å². The summed E-state index contributed by atoms with van der Waals surface area (Å²) in [6.07, 6.45) is 3.97. The van der Waals surface area contributed by atoms with Crippen LogP contribution in [0.2, 0.25) is 0 Å². The van der Waals surface area contributed by atoms with Gasteiger partial charge in [-0.15, -0.1) is 0 Å². The molecule has 45 valence electrons. The Hall–Kier alpha value is 1.27. The number of hydrogen-bond acceptors (Lipinski definition) is 0. The van der Waals surface area contributed by atoms with Gasteiger partial charge in [0, 0.05) is 32.7 Å². The molecule has 1 unspecified atom stereocenters. The largest absolute Gasteiger partial charge is 0.117 e. The van der Waals surface area contributed by atoms with Gasteiger partial charge in [-0.3, -0.25) is 0 Å². The number of hydrogen-bond donors (Lipinski definition) is 0. The Morgan fingerprint density at radius 2 is 1.38 bits per heavy atom. The van der Waals surface area contributed by atoms with Crippen molar-refractivity contribution < 1.29 is 32.7 Å². The second-order valence-electron chi connectivity index (χ2n) is 2.87. The van der Waals surface area contributed by atoms with Gasteiger partial charge in [-0.25, -0.2) is 0 Å². The van der Waals surface area contributed by atoms with Crippen molar-refractivity contribution >= 4 is 13.8 Å². The van der Waals surface area contributed by atoms with E-state index in [-0.39, 0.29) is 40.3 Å². The first-order chi connectivity index (χ1) is 2.94. The molecular formula is C6H14PY+. The van der Waals surface area contributed by atoms with E-state index in [0.717, 1.165) is 0 Å². The summed E-state index contributed by atoms with van der Waals surface area (Å²) in [6, 6.07) is 0. The van der Waals surface area contributed by atoms with Gasteiger partial charge in [0.25, 0.3) is 0 Å². The molecule has 0 rings (SSSR count). The Morgan fingerprint density at radius 1 is 1.25 bits per heavy atom. The zero-order chi connectivity index (χ0) is 6.08. The topological polar surface area (TPSA) is 0 Å². The smallest absolute Gasteiger partial charge is 0.0191 e. The molecule has 0 aromatic heterocycles. The van der Waals surface area contributed by atoms with Gasteiger partial charge in [0.2, 0.25) is 0 Å². The van der Waals surface area contributed by atoms with Crippen LogP contribution in [0.1, 0.15) is 20.8 Å². The standard InChI is InChI=1S/C6H14P.Y/c1-6(2,3)7(4)5;/h4H2,1-3,5H3;/q+1;. The molecule has 0 aliphatic heterocycles. The predicted molar refractivity (Wildman–Crippen MR) is 39.7 cm³/mol. The second kappa shape index (κ2) is 4.15. The minimum absolute atomic E-state index is 0. The summed E-state index contributed by atoms with van der Waals surface area (Å²) >= 11 is 0. The molecule has 0 nitrogen and oxygen atoms in total. The van der Waals surface area contributed by atoms with Crippen LogP contribution in [0.15, 0.2) is 0 Å². The zero-order valence-electron chi connectivity index (χ0n) is 6.23. The minimum Gasteiger partial charge on any atom is -0.0191 e. The normalized spacial score (nSPS) is 12.2. The van der Waals surface area contributed by atoms with Gasteiger partial charge in [0.15, 0.2) is 0 Å². The van der Waals surface area contributed by atoms with Crippen LogP contribution in [-0.4, -0.2) is 18.1 Å². The van der Waals surface area contributed by atoms with Crippen molar-refractivity contribution in [2.45, 2.75) is 25.9 Å². The molecule has 0 aromatic rings. The third-order valence-electron chi connectivity index (χ3n) is 1.15.